The van der Waals surface area contributed by atoms with E-state index in [4.69, 9.17) is 4.74 Å². The average Bonchev–Trinajstić information content (AvgIpc) is 3.02. The van der Waals surface area contributed by atoms with Crippen LogP contribution in [0.4, 0.5) is 11.5 Å². The molecule has 6 heteroatoms. The fourth-order valence-electron chi connectivity index (χ4n) is 2.78. The summed E-state index contributed by atoms with van der Waals surface area (Å²) in [5.74, 6) is 0.584. The van der Waals surface area contributed by atoms with Crippen LogP contribution in [-0.4, -0.2) is 49.8 Å². The fourth-order valence-corrected chi connectivity index (χ4v) is 2.78. The van der Waals surface area contributed by atoms with Gasteiger partial charge in [-0.05, 0) is 25.0 Å². The first-order valence-electron chi connectivity index (χ1n) is 7.64. The van der Waals surface area contributed by atoms with Crippen LogP contribution in [0.1, 0.15) is 19.3 Å². The van der Waals surface area contributed by atoms with Crippen LogP contribution in [0.5, 0.6) is 0 Å². The summed E-state index contributed by atoms with van der Waals surface area (Å²) >= 11 is 0. The second kappa shape index (κ2) is 6.87. The molecule has 1 atom stereocenters. The van der Waals surface area contributed by atoms with Crippen molar-refractivity contribution in [1.82, 2.24) is 10.3 Å². The molecular weight excluding hydrogens is 268 g/mol. The topological polar surface area (TPSA) is 66.5 Å². The molecule has 2 saturated heterocycles. The lowest BCUT2D eigenvalue weighted by Gasteiger charge is -2.29. The minimum Gasteiger partial charge on any atom is -0.378 e. The molecule has 0 aromatic carbocycles. The molecule has 0 saturated carbocycles. The van der Waals surface area contributed by atoms with E-state index in [-0.39, 0.29) is 12.0 Å². The van der Waals surface area contributed by atoms with Crippen molar-refractivity contribution in [2.24, 2.45) is 0 Å². The molecule has 2 aliphatic heterocycles. The van der Waals surface area contributed by atoms with Gasteiger partial charge >= 0.3 is 0 Å². The summed E-state index contributed by atoms with van der Waals surface area (Å²) < 4.78 is 5.47. The Hall–Kier alpha value is -1.66. The molecule has 1 aromatic rings. The van der Waals surface area contributed by atoms with Crippen LogP contribution in [0.3, 0.4) is 0 Å². The van der Waals surface area contributed by atoms with E-state index in [0.717, 1.165) is 51.3 Å². The van der Waals surface area contributed by atoms with Crippen LogP contribution in [0.25, 0.3) is 0 Å². The summed E-state index contributed by atoms with van der Waals surface area (Å²) in [7, 11) is 0. The fraction of sp³-hybridized carbons (Fsp3) is 0.600. The number of carbonyl (C=O) groups is 1. The monoisotopic (exact) mass is 290 g/mol. The molecule has 0 spiro atoms. The number of nitrogens with zero attached hydrogens (tertiary/aromatic N) is 2. The largest absolute Gasteiger partial charge is 0.378 e. The Morgan fingerprint density at radius 1 is 1.43 bits per heavy atom. The van der Waals surface area contributed by atoms with Crippen molar-refractivity contribution >= 4 is 17.4 Å². The molecule has 3 rings (SSSR count). The van der Waals surface area contributed by atoms with Crippen molar-refractivity contribution < 1.29 is 9.53 Å². The maximum absolute atomic E-state index is 11.9. The number of anilines is 2. The Labute approximate surface area is 124 Å². The highest BCUT2D eigenvalue weighted by molar-refractivity contribution is 5.90. The normalized spacial score (nSPS) is 22.3. The lowest BCUT2D eigenvalue weighted by atomic mass is 10.2. The summed E-state index contributed by atoms with van der Waals surface area (Å²) in [6.45, 7) is 4.76. The average molecular weight is 290 g/mol. The number of pyridine rings is 1. The first kappa shape index (κ1) is 14.3. The number of carbonyl (C=O) groups excluding carboxylic acids is 1. The molecule has 21 heavy (non-hydrogen) atoms. The summed E-state index contributed by atoms with van der Waals surface area (Å²) in [5, 5.41) is 6.16. The number of hydrogen-bond donors (Lipinski definition) is 2. The molecule has 0 bridgehead atoms. The first-order chi connectivity index (χ1) is 10.3. The Kier molecular flexibility index (Phi) is 4.67. The Bertz CT molecular complexity index is 465. The predicted molar refractivity (Wildman–Crippen MR) is 81.5 cm³/mol. The highest BCUT2D eigenvalue weighted by Crippen LogP contribution is 2.18. The second-order valence-corrected chi connectivity index (χ2v) is 5.53. The standard InChI is InChI=1S/C15H22N4O2/c20-15(10-13-2-1-9-21-13)18-14-4-3-12(11-17-14)19-7-5-16-6-8-19/h3-4,11,13,16H,1-2,5-10H2,(H,17,18,20). The van der Waals surface area contributed by atoms with Gasteiger partial charge in [0, 0.05) is 32.8 Å². The Morgan fingerprint density at radius 3 is 2.95 bits per heavy atom. The summed E-state index contributed by atoms with van der Waals surface area (Å²) in [5.41, 5.74) is 1.11. The van der Waals surface area contributed by atoms with Gasteiger partial charge in [0.2, 0.25) is 5.91 Å². The van der Waals surface area contributed by atoms with Crippen LogP contribution in [-0.2, 0) is 9.53 Å². The SMILES string of the molecule is O=C(CC1CCCO1)Nc1ccc(N2CCNCC2)cn1. The van der Waals surface area contributed by atoms with E-state index in [9.17, 15) is 4.79 Å². The molecule has 1 amide bonds. The molecule has 6 nitrogen and oxygen atoms in total. The van der Waals surface area contributed by atoms with Gasteiger partial charge in [0.25, 0.3) is 0 Å². The predicted octanol–water partition coefficient (Wildman–Crippen LogP) is 0.999. The van der Waals surface area contributed by atoms with Crippen LogP contribution < -0.4 is 15.5 Å². The summed E-state index contributed by atoms with van der Waals surface area (Å²) in [6.07, 6.45) is 4.34. The number of rotatable bonds is 4. The van der Waals surface area contributed by atoms with Crippen LogP contribution in [0.2, 0.25) is 0 Å². The molecular formula is C15H22N4O2. The molecule has 1 aromatic heterocycles. The lowest BCUT2D eigenvalue weighted by molar-refractivity contribution is -0.118. The van der Waals surface area contributed by atoms with Gasteiger partial charge in [-0.3, -0.25) is 4.79 Å². The van der Waals surface area contributed by atoms with E-state index in [1.807, 2.05) is 18.3 Å². The van der Waals surface area contributed by atoms with Gasteiger partial charge in [0.05, 0.1) is 24.4 Å². The number of nitrogens with one attached hydrogen (secondary N) is 2. The van der Waals surface area contributed by atoms with Gasteiger partial charge in [-0.1, -0.05) is 0 Å². The van der Waals surface area contributed by atoms with Crippen molar-refractivity contribution in [1.29, 1.82) is 0 Å². The van der Waals surface area contributed by atoms with E-state index in [0.29, 0.717) is 12.2 Å². The highest BCUT2D eigenvalue weighted by atomic mass is 16.5. The summed E-state index contributed by atoms with van der Waals surface area (Å²) in [6, 6.07) is 3.88. The molecule has 114 valence electrons. The third-order valence-corrected chi connectivity index (χ3v) is 3.93. The maximum atomic E-state index is 11.9. The molecule has 2 aliphatic rings. The summed E-state index contributed by atoms with van der Waals surface area (Å²) in [4.78, 5) is 18.5. The molecule has 2 fully saturated rings. The number of ether oxygens (including phenoxy) is 1. The van der Waals surface area contributed by atoms with E-state index < -0.39 is 0 Å². The van der Waals surface area contributed by atoms with Crippen molar-refractivity contribution in [2.45, 2.75) is 25.4 Å². The van der Waals surface area contributed by atoms with Crippen molar-refractivity contribution in [3.63, 3.8) is 0 Å². The number of hydrogen-bond acceptors (Lipinski definition) is 5. The molecule has 2 N–H and O–H groups in total. The third-order valence-electron chi connectivity index (χ3n) is 3.93. The van der Waals surface area contributed by atoms with Crippen LogP contribution in [0.15, 0.2) is 18.3 Å². The first-order valence-corrected chi connectivity index (χ1v) is 7.64. The van der Waals surface area contributed by atoms with Gasteiger partial charge < -0.3 is 20.3 Å². The number of aromatic nitrogens is 1. The van der Waals surface area contributed by atoms with Crippen molar-refractivity contribution in [2.75, 3.05) is 43.0 Å². The van der Waals surface area contributed by atoms with Gasteiger partial charge in [0.15, 0.2) is 0 Å². The quantitative estimate of drug-likeness (QED) is 0.866. The van der Waals surface area contributed by atoms with Crippen molar-refractivity contribution in [3.05, 3.63) is 18.3 Å². The van der Waals surface area contributed by atoms with E-state index in [1.165, 1.54) is 0 Å². The van der Waals surface area contributed by atoms with Crippen molar-refractivity contribution in [3.8, 4) is 0 Å². The van der Waals surface area contributed by atoms with Gasteiger partial charge in [-0.25, -0.2) is 4.98 Å². The van der Waals surface area contributed by atoms with Crippen LogP contribution in [0, 0.1) is 0 Å². The highest BCUT2D eigenvalue weighted by Gasteiger charge is 2.19. The van der Waals surface area contributed by atoms with Gasteiger partial charge in [0.1, 0.15) is 5.82 Å². The Balaban J connectivity index is 1.52. The molecule has 1 unspecified atom stereocenters. The van der Waals surface area contributed by atoms with E-state index >= 15 is 0 Å². The molecule has 0 radical (unpaired) electrons. The van der Waals surface area contributed by atoms with Gasteiger partial charge in [-0.2, -0.15) is 0 Å². The number of amides is 1. The molecule has 3 heterocycles. The zero-order chi connectivity index (χ0) is 14.5. The zero-order valence-electron chi connectivity index (χ0n) is 12.2. The molecule has 0 aliphatic carbocycles. The lowest BCUT2D eigenvalue weighted by Crippen LogP contribution is -2.43. The van der Waals surface area contributed by atoms with Crippen LogP contribution >= 0.6 is 0 Å². The van der Waals surface area contributed by atoms with E-state index in [1.54, 1.807) is 0 Å². The smallest absolute Gasteiger partial charge is 0.228 e. The minimum atomic E-state index is -0.0238. The third kappa shape index (κ3) is 3.92. The van der Waals surface area contributed by atoms with Gasteiger partial charge in [-0.15, -0.1) is 0 Å². The number of piperazine rings is 1. The van der Waals surface area contributed by atoms with E-state index in [2.05, 4.69) is 20.5 Å². The zero-order valence-corrected chi connectivity index (χ0v) is 12.2. The Morgan fingerprint density at radius 2 is 2.29 bits per heavy atom. The maximum Gasteiger partial charge on any atom is 0.228 e. The minimum absolute atomic E-state index is 0.0238. The second-order valence-electron chi connectivity index (χ2n) is 5.53.